The van der Waals surface area contributed by atoms with Crippen molar-refractivity contribution in [2.45, 2.75) is 32.6 Å². The lowest BCUT2D eigenvalue weighted by Crippen LogP contribution is -1.94. The molecule has 2 heteroatoms. The fourth-order valence-electron chi connectivity index (χ4n) is 1.29. The lowest BCUT2D eigenvalue weighted by molar-refractivity contribution is 0.506. The minimum Gasteiger partial charge on any atom is -0.204 e. The summed E-state index contributed by atoms with van der Waals surface area (Å²) < 4.78 is 25.6. The molecule has 0 fully saturated rings. The molecule has 0 aliphatic carbocycles. The number of benzene rings is 1. The average molecular weight is 208 g/mol. The van der Waals surface area contributed by atoms with E-state index < -0.39 is 11.6 Å². The lowest BCUT2D eigenvalue weighted by atomic mass is 9.98. The van der Waals surface area contributed by atoms with Crippen molar-refractivity contribution < 1.29 is 8.78 Å². The molecular weight excluding hydrogens is 194 g/mol. The smallest absolute Gasteiger partial charge is 0.159 e. The van der Waals surface area contributed by atoms with Crippen LogP contribution in [0, 0.1) is 23.5 Å². The molecule has 1 atom stereocenters. The molecule has 0 saturated heterocycles. The zero-order valence-electron chi connectivity index (χ0n) is 8.98. The topological polar surface area (TPSA) is 0 Å². The van der Waals surface area contributed by atoms with Gasteiger partial charge in [-0.15, -0.1) is 11.8 Å². The van der Waals surface area contributed by atoms with Gasteiger partial charge in [0.2, 0.25) is 0 Å². The first-order valence-electron chi connectivity index (χ1n) is 5.05. The molecular formula is C13H14F2. The Morgan fingerprint density at radius 3 is 2.53 bits per heavy atom. The van der Waals surface area contributed by atoms with Gasteiger partial charge in [-0.1, -0.05) is 19.9 Å². The molecule has 80 valence electrons. The van der Waals surface area contributed by atoms with Gasteiger partial charge < -0.3 is 0 Å². The summed E-state index contributed by atoms with van der Waals surface area (Å²) in [6.45, 7) is 3.94. The lowest BCUT2D eigenvalue weighted by Gasteiger charge is -2.08. The predicted molar refractivity (Wildman–Crippen MR) is 57.5 cm³/mol. The maximum atomic E-state index is 12.9. The Balaban J connectivity index is 2.73. The van der Waals surface area contributed by atoms with Crippen molar-refractivity contribution in [1.29, 1.82) is 0 Å². The van der Waals surface area contributed by atoms with E-state index >= 15 is 0 Å². The van der Waals surface area contributed by atoms with Crippen LogP contribution in [0.25, 0.3) is 0 Å². The monoisotopic (exact) mass is 208 g/mol. The molecule has 1 aromatic rings. The molecule has 0 aliphatic rings. The molecule has 0 nitrogen and oxygen atoms in total. The van der Waals surface area contributed by atoms with Gasteiger partial charge in [-0.3, -0.25) is 0 Å². The summed E-state index contributed by atoms with van der Waals surface area (Å²) in [5.74, 6) is 4.51. The molecule has 1 unspecified atom stereocenters. The first kappa shape index (κ1) is 11.7. The minimum atomic E-state index is -0.800. The van der Waals surface area contributed by atoms with Gasteiger partial charge in [0.15, 0.2) is 11.6 Å². The maximum Gasteiger partial charge on any atom is 0.159 e. The van der Waals surface area contributed by atoms with E-state index in [4.69, 9.17) is 0 Å². The Hall–Kier alpha value is -1.36. The SMILES string of the molecule is CCC#CCC(C)c1ccc(F)c(F)c1. The van der Waals surface area contributed by atoms with Crippen molar-refractivity contribution in [3.8, 4) is 11.8 Å². The van der Waals surface area contributed by atoms with Crippen LogP contribution in [0.15, 0.2) is 18.2 Å². The van der Waals surface area contributed by atoms with Crippen molar-refractivity contribution in [2.75, 3.05) is 0 Å². The summed E-state index contributed by atoms with van der Waals surface area (Å²) >= 11 is 0. The highest BCUT2D eigenvalue weighted by Crippen LogP contribution is 2.20. The molecule has 1 rings (SSSR count). The average Bonchev–Trinajstić information content (AvgIpc) is 2.22. The first-order valence-corrected chi connectivity index (χ1v) is 5.05. The van der Waals surface area contributed by atoms with Gasteiger partial charge in [0, 0.05) is 12.8 Å². The Morgan fingerprint density at radius 2 is 1.93 bits per heavy atom. The quantitative estimate of drug-likeness (QED) is 0.647. The van der Waals surface area contributed by atoms with E-state index in [1.165, 1.54) is 6.07 Å². The van der Waals surface area contributed by atoms with Crippen LogP contribution in [0.4, 0.5) is 8.78 Å². The summed E-state index contributed by atoms with van der Waals surface area (Å²) in [5.41, 5.74) is 0.791. The number of hydrogen-bond donors (Lipinski definition) is 0. The Kier molecular flexibility index (Phi) is 4.30. The Morgan fingerprint density at radius 1 is 1.20 bits per heavy atom. The van der Waals surface area contributed by atoms with Crippen LogP contribution >= 0.6 is 0 Å². The van der Waals surface area contributed by atoms with Crippen molar-refractivity contribution in [3.05, 3.63) is 35.4 Å². The fourth-order valence-corrected chi connectivity index (χ4v) is 1.29. The van der Waals surface area contributed by atoms with Gasteiger partial charge in [0.25, 0.3) is 0 Å². The van der Waals surface area contributed by atoms with Gasteiger partial charge in [0.05, 0.1) is 0 Å². The summed E-state index contributed by atoms with van der Waals surface area (Å²) in [6, 6.07) is 4.01. The van der Waals surface area contributed by atoms with Gasteiger partial charge in [-0.05, 0) is 23.6 Å². The normalized spacial score (nSPS) is 11.7. The van der Waals surface area contributed by atoms with Crippen LogP contribution in [0.1, 0.15) is 38.2 Å². The molecule has 0 heterocycles. The van der Waals surface area contributed by atoms with E-state index in [2.05, 4.69) is 11.8 Å². The molecule has 0 saturated carbocycles. The highest BCUT2D eigenvalue weighted by molar-refractivity contribution is 5.22. The van der Waals surface area contributed by atoms with E-state index in [9.17, 15) is 8.78 Å². The molecule has 0 radical (unpaired) electrons. The second kappa shape index (κ2) is 5.50. The van der Waals surface area contributed by atoms with Gasteiger partial charge in [0.1, 0.15) is 0 Å². The van der Waals surface area contributed by atoms with Crippen LogP contribution in [0.2, 0.25) is 0 Å². The summed E-state index contributed by atoms with van der Waals surface area (Å²) in [5, 5.41) is 0. The minimum absolute atomic E-state index is 0.138. The molecule has 0 amide bonds. The van der Waals surface area contributed by atoms with E-state index in [0.717, 1.165) is 18.1 Å². The number of halogens is 2. The summed E-state index contributed by atoms with van der Waals surface area (Å²) in [6.07, 6.45) is 1.50. The third kappa shape index (κ3) is 3.36. The number of hydrogen-bond acceptors (Lipinski definition) is 0. The highest BCUT2D eigenvalue weighted by atomic mass is 19.2. The summed E-state index contributed by atoms with van der Waals surface area (Å²) in [4.78, 5) is 0. The van der Waals surface area contributed by atoms with Crippen LogP contribution in [0.5, 0.6) is 0 Å². The highest BCUT2D eigenvalue weighted by Gasteiger charge is 2.07. The molecule has 0 spiro atoms. The second-order valence-corrected chi connectivity index (χ2v) is 3.49. The van der Waals surface area contributed by atoms with Gasteiger partial charge in [-0.25, -0.2) is 8.78 Å². The van der Waals surface area contributed by atoms with E-state index in [1.807, 2.05) is 13.8 Å². The zero-order valence-corrected chi connectivity index (χ0v) is 8.98. The third-order valence-electron chi connectivity index (χ3n) is 2.22. The van der Waals surface area contributed by atoms with Crippen molar-refractivity contribution in [2.24, 2.45) is 0 Å². The molecule has 0 aliphatic heterocycles. The van der Waals surface area contributed by atoms with E-state index in [1.54, 1.807) is 6.07 Å². The standard InChI is InChI=1S/C13H14F2/c1-3-4-5-6-10(2)11-7-8-12(14)13(15)9-11/h7-10H,3,6H2,1-2H3. The largest absolute Gasteiger partial charge is 0.204 e. The van der Waals surface area contributed by atoms with Gasteiger partial charge >= 0.3 is 0 Å². The molecule has 0 N–H and O–H groups in total. The second-order valence-electron chi connectivity index (χ2n) is 3.49. The number of rotatable bonds is 2. The molecule has 15 heavy (non-hydrogen) atoms. The maximum absolute atomic E-state index is 12.9. The van der Waals surface area contributed by atoms with E-state index in [-0.39, 0.29) is 5.92 Å². The van der Waals surface area contributed by atoms with Crippen LogP contribution in [0.3, 0.4) is 0 Å². The van der Waals surface area contributed by atoms with Gasteiger partial charge in [-0.2, -0.15) is 0 Å². The van der Waals surface area contributed by atoms with Crippen LogP contribution in [-0.4, -0.2) is 0 Å². The summed E-state index contributed by atoms with van der Waals surface area (Å²) in [7, 11) is 0. The van der Waals surface area contributed by atoms with Crippen LogP contribution in [-0.2, 0) is 0 Å². The first-order chi connectivity index (χ1) is 7.15. The van der Waals surface area contributed by atoms with Crippen molar-refractivity contribution >= 4 is 0 Å². The molecule has 1 aromatic carbocycles. The zero-order chi connectivity index (χ0) is 11.3. The van der Waals surface area contributed by atoms with E-state index in [0.29, 0.717) is 6.42 Å². The predicted octanol–water partition coefficient (Wildman–Crippen LogP) is 3.87. The van der Waals surface area contributed by atoms with Crippen molar-refractivity contribution in [3.63, 3.8) is 0 Å². The molecule has 0 bridgehead atoms. The van der Waals surface area contributed by atoms with Crippen molar-refractivity contribution in [1.82, 2.24) is 0 Å². The molecule has 0 aromatic heterocycles. The Bertz CT molecular complexity index is 385. The van der Waals surface area contributed by atoms with Crippen LogP contribution < -0.4 is 0 Å². The third-order valence-corrected chi connectivity index (χ3v) is 2.22. The Labute approximate surface area is 89.3 Å². The fraction of sp³-hybridized carbons (Fsp3) is 0.385.